The third kappa shape index (κ3) is 1.98. The highest BCUT2D eigenvalue weighted by molar-refractivity contribution is 5.03. The van der Waals surface area contributed by atoms with Crippen LogP contribution in [0, 0.1) is 5.92 Å². The fourth-order valence-electron chi connectivity index (χ4n) is 2.11. The maximum absolute atomic E-state index is 4.23. The number of imidazole rings is 1. The van der Waals surface area contributed by atoms with E-state index in [-0.39, 0.29) is 0 Å². The first-order valence-corrected chi connectivity index (χ1v) is 5.48. The fraction of sp³-hybridized carbons (Fsp3) is 0.727. The topological polar surface area (TPSA) is 29.9 Å². The Bertz CT molecular complexity index is 284. The molecule has 1 N–H and O–H groups in total. The molecule has 0 aromatic carbocycles. The summed E-state index contributed by atoms with van der Waals surface area (Å²) in [5.74, 6) is 1.37. The van der Waals surface area contributed by atoms with Crippen LogP contribution < -0.4 is 5.32 Å². The Hall–Kier alpha value is -0.830. The molecule has 1 fully saturated rings. The summed E-state index contributed by atoms with van der Waals surface area (Å²) >= 11 is 0. The molecule has 1 aliphatic heterocycles. The van der Waals surface area contributed by atoms with E-state index in [1.54, 1.807) is 0 Å². The van der Waals surface area contributed by atoms with Gasteiger partial charge in [-0.2, -0.15) is 0 Å². The average Bonchev–Trinajstić information content (AvgIpc) is 2.75. The second-order valence-electron chi connectivity index (χ2n) is 4.48. The molecule has 1 aromatic heterocycles. The molecule has 0 radical (unpaired) electrons. The van der Waals surface area contributed by atoms with E-state index in [9.17, 15) is 0 Å². The van der Waals surface area contributed by atoms with E-state index in [2.05, 4.69) is 28.7 Å². The first-order chi connectivity index (χ1) is 6.77. The molecule has 1 unspecified atom stereocenters. The van der Waals surface area contributed by atoms with Gasteiger partial charge in [0.05, 0.1) is 6.33 Å². The van der Waals surface area contributed by atoms with Gasteiger partial charge in [0.25, 0.3) is 0 Å². The van der Waals surface area contributed by atoms with Crippen molar-refractivity contribution in [3.05, 3.63) is 18.2 Å². The number of hydrogen-bond acceptors (Lipinski definition) is 2. The van der Waals surface area contributed by atoms with Crippen LogP contribution in [0.2, 0.25) is 0 Å². The predicted molar refractivity (Wildman–Crippen MR) is 57.3 cm³/mol. The Morgan fingerprint density at radius 1 is 1.64 bits per heavy atom. The highest BCUT2D eigenvalue weighted by Crippen LogP contribution is 2.17. The summed E-state index contributed by atoms with van der Waals surface area (Å²) < 4.78 is 2.31. The number of nitrogens with zero attached hydrogens (tertiary/aromatic N) is 2. The van der Waals surface area contributed by atoms with E-state index in [4.69, 9.17) is 0 Å². The van der Waals surface area contributed by atoms with Gasteiger partial charge in [-0.1, -0.05) is 13.8 Å². The maximum Gasteiger partial charge on any atom is 0.0948 e. The normalized spacial score (nSPS) is 22.1. The SMILES string of the molecule is CC(C)c1cncn1CC1CCNC1. The Kier molecular flexibility index (Phi) is 2.87. The molecular formula is C11H19N3. The van der Waals surface area contributed by atoms with E-state index < -0.39 is 0 Å². The highest BCUT2D eigenvalue weighted by Gasteiger charge is 2.16. The van der Waals surface area contributed by atoms with Crippen LogP contribution >= 0.6 is 0 Å². The molecule has 0 aliphatic carbocycles. The van der Waals surface area contributed by atoms with Gasteiger partial charge in [0.2, 0.25) is 0 Å². The Labute approximate surface area is 85.5 Å². The molecule has 0 bridgehead atoms. The van der Waals surface area contributed by atoms with Gasteiger partial charge in [0.15, 0.2) is 0 Å². The third-order valence-corrected chi connectivity index (χ3v) is 2.95. The van der Waals surface area contributed by atoms with Crippen LogP contribution in [0.3, 0.4) is 0 Å². The zero-order chi connectivity index (χ0) is 9.97. The van der Waals surface area contributed by atoms with E-state index >= 15 is 0 Å². The van der Waals surface area contributed by atoms with Crippen molar-refractivity contribution in [2.75, 3.05) is 13.1 Å². The highest BCUT2D eigenvalue weighted by atomic mass is 15.1. The second-order valence-corrected chi connectivity index (χ2v) is 4.48. The van der Waals surface area contributed by atoms with Crippen LogP contribution in [0.15, 0.2) is 12.5 Å². The molecule has 3 heteroatoms. The Balaban J connectivity index is 2.04. The van der Waals surface area contributed by atoms with Crippen LogP contribution in [-0.4, -0.2) is 22.6 Å². The van der Waals surface area contributed by atoms with E-state index in [1.165, 1.54) is 18.7 Å². The summed E-state index contributed by atoms with van der Waals surface area (Å²) in [4.78, 5) is 4.23. The molecule has 0 spiro atoms. The molecule has 0 amide bonds. The summed E-state index contributed by atoms with van der Waals surface area (Å²) in [7, 11) is 0. The molecular weight excluding hydrogens is 174 g/mol. The quantitative estimate of drug-likeness (QED) is 0.790. The van der Waals surface area contributed by atoms with E-state index in [0.717, 1.165) is 19.0 Å². The van der Waals surface area contributed by atoms with Crippen molar-refractivity contribution in [3.8, 4) is 0 Å². The van der Waals surface area contributed by atoms with E-state index in [0.29, 0.717) is 5.92 Å². The minimum absolute atomic E-state index is 0.576. The van der Waals surface area contributed by atoms with Crippen LogP contribution in [0.1, 0.15) is 31.9 Å². The van der Waals surface area contributed by atoms with Crippen LogP contribution in [0.5, 0.6) is 0 Å². The predicted octanol–water partition coefficient (Wildman–Crippen LogP) is 1.62. The van der Waals surface area contributed by atoms with Crippen molar-refractivity contribution in [1.82, 2.24) is 14.9 Å². The van der Waals surface area contributed by atoms with E-state index in [1.807, 2.05) is 12.5 Å². The Morgan fingerprint density at radius 3 is 3.14 bits per heavy atom. The molecule has 2 heterocycles. The van der Waals surface area contributed by atoms with Crippen molar-refractivity contribution in [2.45, 2.75) is 32.7 Å². The van der Waals surface area contributed by atoms with Gasteiger partial charge < -0.3 is 9.88 Å². The van der Waals surface area contributed by atoms with Crippen LogP contribution in [0.4, 0.5) is 0 Å². The van der Waals surface area contributed by atoms with Crippen molar-refractivity contribution >= 4 is 0 Å². The minimum atomic E-state index is 0.576. The Morgan fingerprint density at radius 2 is 2.50 bits per heavy atom. The summed E-state index contributed by atoms with van der Waals surface area (Å²) in [5.41, 5.74) is 1.36. The van der Waals surface area contributed by atoms with Gasteiger partial charge in [-0.3, -0.25) is 0 Å². The van der Waals surface area contributed by atoms with Crippen LogP contribution in [0.25, 0.3) is 0 Å². The summed E-state index contributed by atoms with van der Waals surface area (Å²) in [6.45, 7) is 7.91. The molecule has 3 nitrogen and oxygen atoms in total. The molecule has 1 aromatic rings. The lowest BCUT2D eigenvalue weighted by Crippen LogP contribution is -2.15. The smallest absolute Gasteiger partial charge is 0.0948 e. The lowest BCUT2D eigenvalue weighted by Gasteiger charge is -2.14. The van der Waals surface area contributed by atoms with Gasteiger partial charge >= 0.3 is 0 Å². The van der Waals surface area contributed by atoms with Crippen molar-refractivity contribution in [3.63, 3.8) is 0 Å². The average molecular weight is 193 g/mol. The second kappa shape index (κ2) is 4.13. The number of nitrogens with one attached hydrogen (secondary N) is 1. The maximum atomic E-state index is 4.23. The molecule has 1 atom stereocenters. The fourth-order valence-corrected chi connectivity index (χ4v) is 2.11. The molecule has 2 rings (SSSR count). The summed E-state index contributed by atoms with van der Waals surface area (Å²) in [6, 6.07) is 0. The third-order valence-electron chi connectivity index (χ3n) is 2.95. The summed E-state index contributed by atoms with van der Waals surface area (Å²) in [6.07, 6.45) is 5.26. The monoisotopic (exact) mass is 193 g/mol. The van der Waals surface area contributed by atoms with Crippen molar-refractivity contribution in [2.24, 2.45) is 5.92 Å². The molecule has 78 valence electrons. The van der Waals surface area contributed by atoms with Crippen molar-refractivity contribution in [1.29, 1.82) is 0 Å². The first kappa shape index (κ1) is 9.71. The molecule has 14 heavy (non-hydrogen) atoms. The number of aromatic nitrogens is 2. The zero-order valence-corrected chi connectivity index (χ0v) is 9.03. The molecule has 0 saturated carbocycles. The standard InChI is InChI=1S/C11H19N3/c1-9(2)11-6-13-8-14(11)7-10-3-4-12-5-10/h6,8-10,12H,3-5,7H2,1-2H3. The van der Waals surface area contributed by atoms with Gasteiger partial charge in [0.1, 0.15) is 0 Å². The number of hydrogen-bond donors (Lipinski definition) is 1. The lowest BCUT2D eigenvalue weighted by molar-refractivity contribution is 0.466. The lowest BCUT2D eigenvalue weighted by atomic mass is 10.1. The van der Waals surface area contributed by atoms with Gasteiger partial charge in [-0.05, 0) is 31.3 Å². The van der Waals surface area contributed by atoms with Gasteiger partial charge in [-0.15, -0.1) is 0 Å². The zero-order valence-electron chi connectivity index (χ0n) is 9.03. The minimum Gasteiger partial charge on any atom is -0.334 e. The first-order valence-electron chi connectivity index (χ1n) is 5.48. The van der Waals surface area contributed by atoms with Crippen LogP contribution in [-0.2, 0) is 6.54 Å². The van der Waals surface area contributed by atoms with Gasteiger partial charge in [-0.25, -0.2) is 4.98 Å². The number of rotatable bonds is 3. The summed E-state index contributed by atoms with van der Waals surface area (Å²) in [5, 5.41) is 3.40. The molecule has 1 aliphatic rings. The van der Waals surface area contributed by atoms with Crippen molar-refractivity contribution < 1.29 is 0 Å². The largest absolute Gasteiger partial charge is 0.334 e. The molecule has 1 saturated heterocycles. The van der Waals surface area contributed by atoms with Gasteiger partial charge in [0, 0.05) is 18.4 Å².